The van der Waals surface area contributed by atoms with Gasteiger partial charge in [-0.2, -0.15) is 18.2 Å². The molecule has 1 aliphatic rings. The largest absolute Gasteiger partial charge is 0.453 e. The Morgan fingerprint density at radius 2 is 1.93 bits per heavy atom. The van der Waals surface area contributed by atoms with Crippen molar-refractivity contribution in [3.8, 4) is 0 Å². The van der Waals surface area contributed by atoms with E-state index in [1.54, 1.807) is 29.2 Å². The first-order chi connectivity index (χ1) is 14.3. The minimum Gasteiger partial charge on any atom is -0.331 e. The van der Waals surface area contributed by atoms with E-state index < -0.39 is 12.0 Å². The first-order valence-corrected chi connectivity index (χ1v) is 8.87. The smallest absolute Gasteiger partial charge is 0.331 e. The van der Waals surface area contributed by atoms with Crippen molar-refractivity contribution in [3.05, 3.63) is 42.2 Å². The summed E-state index contributed by atoms with van der Waals surface area (Å²) in [6.07, 6.45) is -3.28. The van der Waals surface area contributed by atoms with E-state index in [1.165, 1.54) is 17.9 Å². The molecular formula is C17H16F3N9O. The molecule has 4 rings (SSSR count). The highest BCUT2D eigenvalue weighted by molar-refractivity contribution is 5.89. The number of rotatable bonds is 4. The van der Waals surface area contributed by atoms with Crippen LogP contribution in [0, 0.1) is 0 Å². The summed E-state index contributed by atoms with van der Waals surface area (Å²) in [7, 11) is 0. The normalized spacial score (nSPS) is 13.7. The van der Waals surface area contributed by atoms with Crippen LogP contribution in [0.4, 0.5) is 36.4 Å². The van der Waals surface area contributed by atoms with Crippen LogP contribution in [0.15, 0.2) is 30.6 Å². The summed E-state index contributed by atoms with van der Waals surface area (Å²) in [6, 6.07) is 6.99. The molecule has 3 heterocycles. The maximum absolute atomic E-state index is 12.8. The van der Waals surface area contributed by atoms with Crippen LogP contribution in [-0.4, -0.2) is 42.2 Å². The van der Waals surface area contributed by atoms with E-state index in [4.69, 9.17) is 0 Å². The van der Waals surface area contributed by atoms with Gasteiger partial charge in [0, 0.05) is 24.8 Å². The predicted molar refractivity (Wildman–Crippen MR) is 99.9 cm³/mol. The molecular weight excluding hydrogens is 403 g/mol. The van der Waals surface area contributed by atoms with Gasteiger partial charge in [0.15, 0.2) is 0 Å². The highest BCUT2D eigenvalue weighted by Gasteiger charge is 2.38. The molecule has 10 nitrogen and oxygen atoms in total. The Morgan fingerprint density at radius 1 is 1.13 bits per heavy atom. The van der Waals surface area contributed by atoms with E-state index in [9.17, 15) is 18.0 Å². The number of aromatic nitrogens is 6. The second kappa shape index (κ2) is 7.57. The highest BCUT2D eigenvalue weighted by Crippen LogP contribution is 2.28. The summed E-state index contributed by atoms with van der Waals surface area (Å²) in [5, 5.41) is 9.21. The second-order valence-corrected chi connectivity index (χ2v) is 6.49. The topological polar surface area (TPSA) is 114 Å². The summed E-state index contributed by atoms with van der Waals surface area (Å²) in [4.78, 5) is 29.0. The summed E-state index contributed by atoms with van der Waals surface area (Å²) in [5.74, 6) is -0.611. The molecule has 1 aromatic carbocycles. The zero-order chi connectivity index (χ0) is 21.3. The van der Waals surface area contributed by atoms with Crippen molar-refractivity contribution in [2.45, 2.75) is 26.2 Å². The molecule has 0 radical (unpaired) electrons. The average molecular weight is 419 g/mol. The van der Waals surface area contributed by atoms with Gasteiger partial charge in [0.25, 0.3) is 5.82 Å². The first-order valence-electron chi connectivity index (χ1n) is 8.87. The molecule has 13 heteroatoms. The number of halogens is 3. The summed E-state index contributed by atoms with van der Waals surface area (Å²) < 4.78 is 39.8. The lowest BCUT2D eigenvalue weighted by atomic mass is 10.3. The number of nitrogens with zero attached hydrogens (tertiary/aromatic N) is 7. The van der Waals surface area contributed by atoms with Gasteiger partial charge in [0.2, 0.25) is 17.8 Å². The lowest BCUT2D eigenvalue weighted by Crippen LogP contribution is -2.35. The molecule has 0 aliphatic carbocycles. The van der Waals surface area contributed by atoms with Crippen LogP contribution in [0.25, 0.3) is 0 Å². The van der Waals surface area contributed by atoms with Crippen LogP contribution in [-0.2, 0) is 24.1 Å². The lowest BCUT2D eigenvalue weighted by molar-refractivity contribution is -0.145. The van der Waals surface area contributed by atoms with Crippen LogP contribution < -0.4 is 15.5 Å². The Balaban J connectivity index is 1.50. The number of benzene rings is 1. The molecule has 2 N–H and O–H groups in total. The molecule has 0 saturated carbocycles. The zero-order valence-electron chi connectivity index (χ0n) is 15.7. The van der Waals surface area contributed by atoms with Crippen molar-refractivity contribution in [3.63, 3.8) is 0 Å². The predicted octanol–water partition coefficient (Wildman–Crippen LogP) is 2.20. The number of amides is 1. The van der Waals surface area contributed by atoms with Gasteiger partial charge in [-0.1, -0.05) is 6.07 Å². The van der Waals surface area contributed by atoms with Crippen molar-refractivity contribution in [2.24, 2.45) is 0 Å². The van der Waals surface area contributed by atoms with Gasteiger partial charge >= 0.3 is 6.18 Å². The minimum absolute atomic E-state index is 0.0878. The summed E-state index contributed by atoms with van der Waals surface area (Å²) in [6.45, 7) is 2.10. The van der Waals surface area contributed by atoms with Gasteiger partial charge < -0.3 is 15.5 Å². The van der Waals surface area contributed by atoms with Crippen molar-refractivity contribution in [1.82, 2.24) is 29.7 Å². The highest BCUT2D eigenvalue weighted by atomic mass is 19.4. The molecule has 156 valence electrons. The minimum atomic E-state index is -4.59. The molecule has 1 aliphatic heterocycles. The Kier molecular flexibility index (Phi) is 4.93. The number of hydrogen-bond acceptors (Lipinski definition) is 8. The molecule has 3 aromatic rings. The first kappa shape index (κ1) is 19.5. The number of nitrogens with one attached hydrogen (secondary N) is 2. The van der Waals surface area contributed by atoms with Crippen LogP contribution >= 0.6 is 0 Å². The fourth-order valence-electron chi connectivity index (χ4n) is 2.93. The molecule has 0 saturated heterocycles. The quantitative estimate of drug-likeness (QED) is 0.662. The maximum atomic E-state index is 12.8. The number of carbonyl (C=O) groups is 1. The van der Waals surface area contributed by atoms with E-state index in [-0.39, 0.29) is 30.8 Å². The van der Waals surface area contributed by atoms with E-state index in [0.29, 0.717) is 23.9 Å². The van der Waals surface area contributed by atoms with Crippen molar-refractivity contribution >= 4 is 29.2 Å². The van der Waals surface area contributed by atoms with Crippen LogP contribution in [0.5, 0.6) is 0 Å². The summed E-state index contributed by atoms with van der Waals surface area (Å²) in [5.41, 5.74) is 1.25. The van der Waals surface area contributed by atoms with E-state index in [1.807, 2.05) is 0 Å². The van der Waals surface area contributed by atoms with Crippen molar-refractivity contribution < 1.29 is 18.0 Å². The number of hydrogen-bond donors (Lipinski definition) is 2. The molecule has 0 atom stereocenters. The third-order valence-corrected chi connectivity index (χ3v) is 4.20. The third-order valence-electron chi connectivity index (χ3n) is 4.20. The third kappa shape index (κ3) is 4.29. The summed E-state index contributed by atoms with van der Waals surface area (Å²) >= 11 is 0. The zero-order valence-corrected chi connectivity index (χ0v) is 15.7. The van der Waals surface area contributed by atoms with Gasteiger partial charge in [-0.15, -0.1) is 5.10 Å². The van der Waals surface area contributed by atoms with Gasteiger partial charge in [0.05, 0.1) is 13.1 Å². The molecule has 0 unspecified atom stereocenters. The number of carbonyl (C=O) groups excluding carboxylic acids is 1. The molecule has 0 spiro atoms. The Morgan fingerprint density at radius 3 is 2.70 bits per heavy atom. The average Bonchev–Trinajstić information content (AvgIpc) is 3.12. The monoisotopic (exact) mass is 419 g/mol. The molecule has 30 heavy (non-hydrogen) atoms. The lowest BCUT2D eigenvalue weighted by Gasteiger charge is -2.26. The molecule has 1 amide bonds. The number of alkyl halides is 3. The van der Waals surface area contributed by atoms with Gasteiger partial charge in [-0.25, -0.2) is 19.6 Å². The van der Waals surface area contributed by atoms with E-state index >= 15 is 0 Å². The van der Waals surface area contributed by atoms with Gasteiger partial charge in [-0.05, 0) is 18.2 Å². The van der Waals surface area contributed by atoms with Crippen LogP contribution in [0.1, 0.15) is 18.6 Å². The molecule has 2 aromatic heterocycles. The van der Waals surface area contributed by atoms with Crippen LogP contribution in [0.3, 0.4) is 0 Å². The standard InChI is InChI=1S/C17H16F3N9O/c1-10(30)23-11-3-2-4-12(7-11)24-15-21-9-22-16(26-15)28-5-6-29-13(8-28)25-14(27-29)17(18,19)20/h2-4,7,9H,5-6,8H2,1H3,(H,23,30)(H,21,22,24,26). The maximum Gasteiger partial charge on any atom is 0.453 e. The second-order valence-electron chi connectivity index (χ2n) is 6.49. The van der Waals surface area contributed by atoms with E-state index in [0.717, 1.165) is 0 Å². The van der Waals surface area contributed by atoms with Gasteiger partial charge in [-0.3, -0.25) is 4.79 Å². The Labute approximate surface area is 168 Å². The number of anilines is 4. The Bertz CT molecular complexity index is 1080. The molecule has 0 bridgehead atoms. The fourth-order valence-corrected chi connectivity index (χ4v) is 2.93. The van der Waals surface area contributed by atoms with Crippen molar-refractivity contribution in [1.29, 1.82) is 0 Å². The Hall–Kier alpha value is -3.77. The molecule has 0 fully saturated rings. The van der Waals surface area contributed by atoms with Crippen LogP contribution in [0.2, 0.25) is 0 Å². The SMILES string of the molecule is CC(=O)Nc1cccc(Nc2ncnc(N3CCn4nc(C(F)(F)F)nc4C3)n2)c1. The fraction of sp³-hybridized carbons (Fsp3) is 0.294. The van der Waals surface area contributed by atoms with Crippen molar-refractivity contribution in [2.75, 3.05) is 22.1 Å². The number of fused-ring (bicyclic) bond motifs is 1. The van der Waals surface area contributed by atoms with Gasteiger partial charge in [0.1, 0.15) is 12.2 Å². The van der Waals surface area contributed by atoms with E-state index in [2.05, 4.69) is 35.7 Å².